The largest absolute Gasteiger partial charge is 0.321 e. The van der Waals surface area contributed by atoms with Crippen LogP contribution in [0.5, 0.6) is 0 Å². The van der Waals surface area contributed by atoms with Gasteiger partial charge in [0.2, 0.25) is 0 Å². The van der Waals surface area contributed by atoms with Crippen LogP contribution in [0.1, 0.15) is 57.4 Å². The Balaban J connectivity index is 2.17. The Morgan fingerprint density at radius 3 is 2.74 bits per heavy atom. The Morgan fingerprint density at radius 1 is 1.26 bits per heavy atom. The molecule has 0 spiro atoms. The van der Waals surface area contributed by atoms with Crippen molar-refractivity contribution >= 4 is 0 Å². The number of benzene rings is 1. The number of hydrogen-bond donors (Lipinski definition) is 1. The molecule has 0 aromatic heterocycles. The molecule has 1 aromatic carbocycles. The lowest BCUT2D eigenvalue weighted by Gasteiger charge is -2.29. The van der Waals surface area contributed by atoms with E-state index in [1.807, 2.05) is 0 Å². The van der Waals surface area contributed by atoms with Crippen LogP contribution in [0.4, 0.5) is 8.78 Å². The molecule has 1 nitrogen and oxygen atoms in total. The van der Waals surface area contributed by atoms with Crippen molar-refractivity contribution in [2.75, 3.05) is 0 Å². The molecule has 0 radical (unpaired) electrons. The van der Waals surface area contributed by atoms with Gasteiger partial charge in [0, 0.05) is 17.2 Å². The van der Waals surface area contributed by atoms with Gasteiger partial charge in [-0.15, -0.1) is 0 Å². The van der Waals surface area contributed by atoms with Gasteiger partial charge in [0.25, 0.3) is 0 Å². The van der Waals surface area contributed by atoms with Crippen LogP contribution in [0.25, 0.3) is 0 Å². The third-order valence-electron chi connectivity index (χ3n) is 4.40. The van der Waals surface area contributed by atoms with Crippen LogP contribution in [0, 0.1) is 17.6 Å². The van der Waals surface area contributed by atoms with Gasteiger partial charge in [-0.05, 0) is 31.2 Å². The van der Waals surface area contributed by atoms with E-state index >= 15 is 0 Å². The predicted molar refractivity (Wildman–Crippen MR) is 73.7 cm³/mol. The molecule has 1 fully saturated rings. The lowest BCUT2D eigenvalue weighted by atomic mass is 9.83. The standard InChI is InChI=1S/C16H23F2N/c1-2-4-12-5-3-9-16(19,10-8-12)14-7-6-13(17)11-15(14)18/h6-7,11-12H,2-5,8-10,19H2,1H3. The van der Waals surface area contributed by atoms with Gasteiger partial charge in [-0.3, -0.25) is 0 Å². The van der Waals surface area contributed by atoms with Crippen molar-refractivity contribution in [3.63, 3.8) is 0 Å². The zero-order chi connectivity index (χ0) is 13.9. The van der Waals surface area contributed by atoms with Crippen molar-refractivity contribution in [3.05, 3.63) is 35.4 Å². The molecule has 1 saturated carbocycles. The smallest absolute Gasteiger partial charge is 0.131 e. The minimum absolute atomic E-state index is 0.478. The van der Waals surface area contributed by atoms with Crippen LogP contribution < -0.4 is 5.73 Å². The van der Waals surface area contributed by atoms with E-state index in [2.05, 4.69) is 6.92 Å². The first kappa shape index (κ1) is 14.4. The van der Waals surface area contributed by atoms with Crippen LogP contribution >= 0.6 is 0 Å². The Kier molecular flexibility index (Phi) is 4.56. The van der Waals surface area contributed by atoms with E-state index in [-0.39, 0.29) is 0 Å². The van der Waals surface area contributed by atoms with Crippen molar-refractivity contribution in [3.8, 4) is 0 Å². The van der Waals surface area contributed by atoms with E-state index in [1.165, 1.54) is 31.4 Å². The highest BCUT2D eigenvalue weighted by Gasteiger charge is 2.33. The molecule has 0 saturated heterocycles. The third-order valence-corrected chi connectivity index (χ3v) is 4.40. The molecule has 2 rings (SSSR count). The molecule has 2 N–H and O–H groups in total. The summed E-state index contributed by atoms with van der Waals surface area (Å²) in [6, 6.07) is 3.77. The summed E-state index contributed by atoms with van der Waals surface area (Å²) in [5.41, 5.74) is 6.28. The Hall–Kier alpha value is -0.960. The zero-order valence-corrected chi connectivity index (χ0v) is 11.6. The van der Waals surface area contributed by atoms with Crippen LogP contribution in [0.2, 0.25) is 0 Å². The predicted octanol–water partition coefficient (Wildman–Crippen LogP) is 4.50. The normalized spacial score (nSPS) is 28.1. The summed E-state index contributed by atoms with van der Waals surface area (Å²) in [5.74, 6) is -0.335. The van der Waals surface area contributed by atoms with Gasteiger partial charge in [-0.25, -0.2) is 8.78 Å². The molecule has 2 unspecified atom stereocenters. The second-order valence-electron chi connectivity index (χ2n) is 5.87. The fourth-order valence-corrected chi connectivity index (χ4v) is 3.30. The summed E-state index contributed by atoms with van der Waals surface area (Å²) < 4.78 is 26.9. The van der Waals surface area contributed by atoms with Gasteiger partial charge in [-0.1, -0.05) is 38.7 Å². The molecule has 106 valence electrons. The average molecular weight is 267 g/mol. The second kappa shape index (κ2) is 6.00. The minimum atomic E-state index is -0.625. The Bertz CT molecular complexity index is 433. The quantitative estimate of drug-likeness (QED) is 0.802. The maximum atomic E-state index is 13.9. The number of rotatable bonds is 3. The van der Waals surface area contributed by atoms with E-state index in [0.29, 0.717) is 11.5 Å². The number of hydrogen-bond acceptors (Lipinski definition) is 1. The van der Waals surface area contributed by atoms with E-state index in [9.17, 15) is 8.78 Å². The lowest BCUT2D eigenvalue weighted by molar-refractivity contribution is 0.353. The summed E-state index contributed by atoms with van der Waals surface area (Å²) in [6.07, 6.45) is 7.24. The molecule has 1 aliphatic rings. The molecule has 0 heterocycles. The molecule has 2 atom stereocenters. The first-order valence-corrected chi connectivity index (χ1v) is 7.29. The monoisotopic (exact) mass is 267 g/mol. The molecule has 1 aliphatic carbocycles. The van der Waals surface area contributed by atoms with Gasteiger partial charge in [0.1, 0.15) is 11.6 Å². The van der Waals surface area contributed by atoms with Gasteiger partial charge in [0.05, 0.1) is 0 Å². The fourth-order valence-electron chi connectivity index (χ4n) is 3.30. The zero-order valence-electron chi connectivity index (χ0n) is 11.6. The Labute approximate surface area is 114 Å². The number of nitrogens with two attached hydrogens (primary N) is 1. The SMILES string of the molecule is CCCC1CCCC(N)(c2ccc(F)cc2F)CC1. The van der Waals surface area contributed by atoms with E-state index in [1.54, 1.807) is 0 Å². The molecule has 0 aliphatic heterocycles. The molecular weight excluding hydrogens is 244 g/mol. The molecule has 1 aromatic rings. The van der Waals surface area contributed by atoms with Crippen LogP contribution in [-0.2, 0) is 5.54 Å². The Morgan fingerprint density at radius 2 is 2.05 bits per heavy atom. The first-order valence-electron chi connectivity index (χ1n) is 7.29. The highest BCUT2D eigenvalue weighted by Crippen LogP contribution is 2.38. The fraction of sp³-hybridized carbons (Fsp3) is 0.625. The summed E-state index contributed by atoms with van der Waals surface area (Å²) in [7, 11) is 0. The molecular formula is C16H23F2N. The molecule has 3 heteroatoms. The molecule has 0 bridgehead atoms. The van der Waals surface area contributed by atoms with Gasteiger partial charge in [-0.2, -0.15) is 0 Å². The second-order valence-corrected chi connectivity index (χ2v) is 5.87. The van der Waals surface area contributed by atoms with E-state index < -0.39 is 17.2 Å². The van der Waals surface area contributed by atoms with Crippen molar-refractivity contribution < 1.29 is 8.78 Å². The van der Waals surface area contributed by atoms with E-state index in [4.69, 9.17) is 5.73 Å². The van der Waals surface area contributed by atoms with Gasteiger partial charge >= 0.3 is 0 Å². The number of halogens is 2. The topological polar surface area (TPSA) is 26.0 Å². The lowest BCUT2D eigenvalue weighted by Crippen LogP contribution is -2.37. The summed E-state index contributed by atoms with van der Waals surface area (Å²) in [4.78, 5) is 0. The van der Waals surface area contributed by atoms with Gasteiger partial charge in [0.15, 0.2) is 0 Å². The van der Waals surface area contributed by atoms with Crippen molar-refractivity contribution in [2.24, 2.45) is 11.7 Å². The van der Waals surface area contributed by atoms with E-state index in [0.717, 1.165) is 31.7 Å². The summed E-state index contributed by atoms with van der Waals surface area (Å²) in [6.45, 7) is 2.19. The van der Waals surface area contributed by atoms with Gasteiger partial charge < -0.3 is 5.73 Å². The molecule has 0 amide bonds. The summed E-state index contributed by atoms with van der Waals surface area (Å²) >= 11 is 0. The summed E-state index contributed by atoms with van der Waals surface area (Å²) in [5, 5.41) is 0. The highest BCUT2D eigenvalue weighted by molar-refractivity contribution is 5.26. The maximum Gasteiger partial charge on any atom is 0.131 e. The minimum Gasteiger partial charge on any atom is -0.321 e. The van der Waals surface area contributed by atoms with Crippen molar-refractivity contribution in [1.29, 1.82) is 0 Å². The maximum absolute atomic E-state index is 13.9. The average Bonchev–Trinajstić information content (AvgIpc) is 2.53. The highest BCUT2D eigenvalue weighted by atomic mass is 19.1. The third kappa shape index (κ3) is 3.33. The van der Waals surface area contributed by atoms with Crippen molar-refractivity contribution in [1.82, 2.24) is 0 Å². The molecule has 19 heavy (non-hydrogen) atoms. The van der Waals surface area contributed by atoms with Crippen molar-refractivity contribution in [2.45, 2.75) is 57.4 Å². The van der Waals surface area contributed by atoms with Crippen LogP contribution in [0.3, 0.4) is 0 Å². The van der Waals surface area contributed by atoms with Crippen LogP contribution in [0.15, 0.2) is 18.2 Å². The van der Waals surface area contributed by atoms with Crippen LogP contribution in [-0.4, -0.2) is 0 Å². The first-order chi connectivity index (χ1) is 9.05.